The van der Waals surface area contributed by atoms with Gasteiger partial charge in [0.05, 0.1) is 5.56 Å². The van der Waals surface area contributed by atoms with Gasteiger partial charge in [-0.2, -0.15) is 0 Å². The fourth-order valence-electron chi connectivity index (χ4n) is 1.67. The number of hydrogen-bond donors (Lipinski definition) is 1. The number of amides is 1. The smallest absolute Gasteiger partial charge is 0.257 e. The third kappa shape index (κ3) is 2.32. The van der Waals surface area contributed by atoms with Gasteiger partial charge in [0, 0.05) is 19.2 Å². The van der Waals surface area contributed by atoms with Crippen LogP contribution >= 0.6 is 0 Å². The van der Waals surface area contributed by atoms with E-state index in [1.807, 2.05) is 13.8 Å². The van der Waals surface area contributed by atoms with Gasteiger partial charge >= 0.3 is 0 Å². The van der Waals surface area contributed by atoms with Gasteiger partial charge in [0.1, 0.15) is 11.6 Å². The number of nitrogens with zero attached hydrogens (tertiary/aromatic N) is 1. The summed E-state index contributed by atoms with van der Waals surface area (Å²) in [6, 6.07) is 2.35. The molecule has 0 radical (unpaired) electrons. The van der Waals surface area contributed by atoms with Crippen LogP contribution in [0.2, 0.25) is 0 Å². The van der Waals surface area contributed by atoms with Gasteiger partial charge < -0.3 is 10.0 Å². The number of rotatable bonds is 3. The summed E-state index contributed by atoms with van der Waals surface area (Å²) in [5.41, 5.74) is 0.496. The van der Waals surface area contributed by atoms with Crippen LogP contribution < -0.4 is 0 Å². The number of aryl methyl sites for hydroxylation is 1. The van der Waals surface area contributed by atoms with Crippen LogP contribution in [0.4, 0.5) is 4.39 Å². The molecule has 0 aliphatic carbocycles. The summed E-state index contributed by atoms with van der Waals surface area (Å²) in [5, 5.41) is 9.19. The van der Waals surface area contributed by atoms with Gasteiger partial charge in [0.15, 0.2) is 0 Å². The molecule has 0 fully saturated rings. The Morgan fingerprint density at radius 1 is 1.38 bits per heavy atom. The molecule has 4 heteroatoms. The predicted octanol–water partition coefficient (Wildman–Crippen LogP) is 2.32. The van der Waals surface area contributed by atoms with E-state index in [4.69, 9.17) is 0 Å². The van der Waals surface area contributed by atoms with Crippen molar-refractivity contribution < 1.29 is 14.3 Å². The van der Waals surface area contributed by atoms with E-state index in [1.54, 1.807) is 11.8 Å². The van der Waals surface area contributed by atoms with E-state index in [-0.39, 0.29) is 17.2 Å². The van der Waals surface area contributed by atoms with Crippen molar-refractivity contribution in [3.63, 3.8) is 0 Å². The largest absolute Gasteiger partial charge is 0.508 e. The topological polar surface area (TPSA) is 40.5 Å². The van der Waals surface area contributed by atoms with E-state index in [0.29, 0.717) is 18.7 Å². The average Bonchev–Trinajstić information content (AvgIpc) is 2.17. The molecule has 0 aromatic heterocycles. The molecule has 1 aromatic rings. The van der Waals surface area contributed by atoms with Crippen molar-refractivity contribution >= 4 is 5.91 Å². The summed E-state index contributed by atoms with van der Waals surface area (Å²) in [6.07, 6.45) is 0. The summed E-state index contributed by atoms with van der Waals surface area (Å²) in [7, 11) is 0. The summed E-state index contributed by atoms with van der Waals surface area (Å²) in [6.45, 7) is 6.37. The first-order chi connectivity index (χ1) is 7.51. The van der Waals surface area contributed by atoms with Crippen molar-refractivity contribution in [2.45, 2.75) is 20.8 Å². The van der Waals surface area contributed by atoms with Gasteiger partial charge in [-0.05, 0) is 32.4 Å². The van der Waals surface area contributed by atoms with Gasteiger partial charge in [-0.1, -0.05) is 0 Å². The Morgan fingerprint density at radius 2 is 1.94 bits per heavy atom. The molecule has 0 aliphatic rings. The van der Waals surface area contributed by atoms with Crippen LogP contribution in [-0.2, 0) is 0 Å². The van der Waals surface area contributed by atoms with Gasteiger partial charge in [-0.15, -0.1) is 0 Å². The number of carbonyl (C=O) groups excluding carboxylic acids is 1. The molecule has 3 nitrogen and oxygen atoms in total. The first kappa shape index (κ1) is 12.5. The standard InChI is InChI=1S/C12H16FNO2/c1-4-14(5-2)12(16)11-8(3)6-9(15)7-10(11)13/h6-7,15H,4-5H2,1-3H3. The highest BCUT2D eigenvalue weighted by molar-refractivity contribution is 5.96. The number of phenols is 1. The van der Waals surface area contributed by atoms with E-state index in [2.05, 4.69) is 0 Å². The molecule has 1 amide bonds. The lowest BCUT2D eigenvalue weighted by Crippen LogP contribution is -2.31. The number of hydrogen-bond acceptors (Lipinski definition) is 2. The molecular weight excluding hydrogens is 209 g/mol. The monoisotopic (exact) mass is 225 g/mol. The fourth-order valence-corrected chi connectivity index (χ4v) is 1.67. The molecular formula is C12H16FNO2. The molecule has 16 heavy (non-hydrogen) atoms. The highest BCUT2D eigenvalue weighted by Gasteiger charge is 2.19. The normalized spacial score (nSPS) is 10.2. The highest BCUT2D eigenvalue weighted by atomic mass is 19.1. The van der Waals surface area contributed by atoms with Crippen molar-refractivity contribution in [1.29, 1.82) is 0 Å². The Morgan fingerprint density at radius 3 is 2.38 bits per heavy atom. The lowest BCUT2D eigenvalue weighted by Gasteiger charge is -2.20. The zero-order chi connectivity index (χ0) is 12.3. The quantitative estimate of drug-likeness (QED) is 0.857. The summed E-state index contributed by atoms with van der Waals surface area (Å²) in [5.74, 6) is -1.17. The van der Waals surface area contributed by atoms with Gasteiger partial charge in [0.2, 0.25) is 0 Å². The second-order valence-electron chi connectivity index (χ2n) is 3.60. The minimum absolute atomic E-state index is 0.0431. The second kappa shape index (κ2) is 4.96. The maximum Gasteiger partial charge on any atom is 0.257 e. The van der Waals surface area contributed by atoms with Crippen LogP contribution in [0.1, 0.15) is 29.8 Å². The van der Waals surface area contributed by atoms with Gasteiger partial charge in [-0.25, -0.2) is 4.39 Å². The summed E-state index contributed by atoms with van der Waals surface area (Å²) < 4.78 is 13.6. The van der Waals surface area contributed by atoms with Crippen LogP contribution in [0.5, 0.6) is 5.75 Å². The average molecular weight is 225 g/mol. The van der Waals surface area contributed by atoms with Crippen LogP contribution in [0.25, 0.3) is 0 Å². The first-order valence-corrected chi connectivity index (χ1v) is 5.29. The van der Waals surface area contributed by atoms with Crippen LogP contribution in [-0.4, -0.2) is 29.0 Å². The van der Waals surface area contributed by atoms with Crippen molar-refractivity contribution in [1.82, 2.24) is 4.90 Å². The molecule has 0 aliphatic heterocycles. The highest BCUT2D eigenvalue weighted by Crippen LogP contribution is 2.21. The van der Waals surface area contributed by atoms with Gasteiger partial charge in [-0.3, -0.25) is 4.79 Å². The number of aromatic hydroxyl groups is 1. The van der Waals surface area contributed by atoms with Crippen LogP contribution in [0, 0.1) is 12.7 Å². The van der Waals surface area contributed by atoms with Crippen LogP contribution in [0.15, 0.2) is 12.1 Å². The fraction of sp³-hybridized carbons (Fsp3) is 0.417. The third-order valence-corrected chi connectivity index (χ3v) is 2.54. The Labute approximate surface area is 94.5 Å². The van der Waals surface area contributed by atoms with Crippen molar-refractivity contribution in [3.8, 4) is 5.75 Å². The number of phenolic OH excluding ortho intramolecular Hbond substituents is 1. The summed E-state index contributed by atoms with van der Waals surface area (Å²) >= 11 is 0. The number of halogens is 1. The molecule has 0 atom stereocenters. The van der Waals surface area contributed by atoms with Crippen molar-refractivity contribution in [2.75, 3.05) is 13.1 Å². The van der Waals surface area contributed by atoms with E-state index in [0.717, 1.165) is 6.07 Å². The molecule has 0 spiro atoms. The Bertz CT molecular complexity index is 377. The Kier molecular flexibility index (Phi) is 3.88. The molecule has 0 saturated heterocycles. The van der Waals surface area contributed by atoms with Crippen molar-refractivity contribution in [2.24, 2.45) is 0 Å². The molecule has 1 aromatic carbocycles. The van der Waals surface area contributed by atoms with Crippen molar-refractivity contribution in [3.05, 3.63) is 29.1 Å². The molecule has 1 N–H and O–H groups in total. The van der Waals surface area contributed by atoms with E-state index in [1.165, 1.54) is 6.07 Å². The summed E-state index contributed by atoms with van der Waals surface area (Å²) in [4.78, 5) is 13.5. The van der Waals surface area contributed by atoms with Crippen LogP contribution in [0.3, 0.4) is 0 Å². The van der Waals surface area contributed by atoms with Gasteiger partial charge in [0.25, 0.3) is 5.91 Å². The first-order valence-electron chi connectivity index (χ1n) is 5.29. The molecule has 0 bridgehead atoms. The van der Waals surface area contributed by atoms with E-state index in [9.17, 15) is 14.3 Å². The number of benzene rings is 1. The Balaban J connectivity index is 3.18. The number of carbonyl (C=O) groups is 1. The predicted molar refractivity (Wildman–Crippen MR) is 60.1 cm³/mol. The second-order valence-corrected chi connectivity index (χ2v) is 3.60. The molecule has 0 saturated carbocycles. The zero-order valence-corrected chi connectivity index (χ0v) is 9.75. The molecule has 0 unspecified atom stereocenters. The lowest BCUT2D eigenvalue weighted by molar-refractivity contribution is 0.0767. The maximum absolute atomic E-state index is 13.6. The zero-order valence-electron chi connectivity index (χ0n) is 9.75. The van der Waals surface area contributed by atoms with E-state index < -0.39 is 5.82 Å². The SMILES string of the molecule is CCN(CC)C(=O)c1c(C)cc(O)cc1F. The molecule has 1 rings (SSSR count). The third-order valence-electron chi connectivity index (χ3n) is 2.54. The minimum atomic E-state index is -0.672. The lowest BCUT2D eigenvalue weighted by atomic mass is 10.1. The minimum Gasteiger partial charge on any atom is -0.508 e. The maximum atomic E-state index is 13.6. The molecule has 0 heterocycles. The molecule has 88 valence electrons. The Hall–Kier alpha value is -1.58. The van der Waals surface area contributed by atoms with E-state index >= 15 is 0 Å².